The monoisotopic (exact) mass is 549 g/mol. The van der Waals surface area contributed by atoms with E-state index in [0.717, 1.165) is 37.0 Å². The van der Waals surface area contributed by atoms with Crippen molar-refractivity contribution in [3.8, 4) is 11.3 Å². The molecule has 1 aromatic carbocycles. The molecule has 3 N–H and O–H groups in total. The fraction of sp³-hybridized carbons (Fsp3) is 0.321. The quantitative estimate of drug-likeness (QED) is 0.379. The van der Waals surface area contributed by atoms with Crippen molar-refractivity contribution in [2.75, 3.05) is 17.6 Å². The summed E-state index contributed by atoms with van der Waals surface area (Å²) in [6, 6.07) is 8.42. The maximum atomic E-state index is 13.0. The normalized spacial score (nSPS) is 21.1. The topological polar surface area (TPSA) is 119 Å². The van der Waals surface area contributed by atoms with Crippen LogP contribution in [-0.4, -0.2) is 48.7 Å². The number of amides is 2. The molecule has 9 nitrogen and oxygen atoms in total. The number of nitrogens with two attached hydrogens (primary N) is 1. The van der Waals surface area contributed by atoms with Crippen LogP contribution in [-0.2, 0) is 11.0 Å². The van der Waals surface area contributed by atoms with Gasteiger partial charge in [0, 0.05) is 54.6 Å². The minimum absolute atomic E-state index is 0.0264. The van der Waals surface area contributed by atoms with E-state index < -0.39 is 17.6 Å². The number of hydrogen-bond donors (Lipinski definition) is 2. The number of rotatable bonds is 4. The number of halogens is 3. The average molecular weight is 550 g/mol. The summed E-state index contributed by atoms with van der Waals surface area (Å²) >= 11 is 0. The van der Waals surface area contributed by atoms with E-state index in [-0.39, 0.29) is 29.2 Å². The van der Waals surface area contributed by atoms with Crippen molar-refractivity contribution in [2.45, 2.75) is 44.3 Å². The number of imidazole rings is 1. The minimum Gasteiger partial charge on any atom is -0.382 e. The molecule has 2 fully saturated rings. The number of piperidine rings is 1. The summed E-state index contributed by atoms with van der Waals surface area (Å²) in [4.78, 5) is 40.3. The van der Waals surface area contributed by atoms with E-state index in [4.69, 9.17) is 10.7 Å². The van der Waals surface area contributed by atoms with Crippen LogP contribution in [0.4, 0.5) is 24.8 Å². The second-order valence-corrected chi connectivity index (χ2v) is 10.4. The van der Waals surface area contributed by atoms with Gasteiger partial charge in [0.2, 0.25) is 5.91 Å². The van der Waals surface area contributed by atoms with Crippen LogP contribution in [0.1, 0.15) is 53.8 Å². The molecule has 2 aliphatic rings. The summed E-state index contributed by atoms with van der Waals surface area (Å²) in [7, 11) is 0. The number of nitrogen functional groups attached to an aromatic ring is 1. The molecular weight excluding hydrogens is 523 g/mol. The smallest absolute Gasteiger partial charge is 0.382 e. The van der Waals surface area contributed by atoms with Gasteiger partial charge in [-0.2, -0.15) is 13.2 Å². The summed E-state index contributed by atoms with van der Waals surface area (Å²) in [5.41, 5.74) is 7.53. The third-order valence-corrected chi connectivity index (χ3v) is 7.83. The van der Waals surface area contributed by atoms with Gasteiger partial charge in [-0.1, -0.05) is 19.1 Å². The molecule has 4 aromatic rings. The number of nitrogens with zero attached hydrogens (tertiary/aromatic N) is 5. The zero-order valence-corrected chi connectivity index (χ0v) is 21.5. The molecule has 2 saturated heterocycles. The van der Waals surface area contributed by atoms with Crippen LogP contribution in [0.5, 0.6) is 0 Å². The Morgan fingerprint density at radius 3 is 2.62 bits per heavy atom. The van der Waals surface area contributed by atoms with E-state index in [2.05, 4.69) is 22.2 Å². The molecule has 0 saturated carbocycles. The molecule has 0 aliphatic carbocycles. The van der Waals surface area contributed by atoms with Crippen LogP contribution in [0.3, 0.4) is 0 Å². The molecule has 3 atom stereocenters. The predicted molar refractivity (Wildman–Crippen MR) is 141 cm³/mol. The Hall–Kier alpha value is -4.48. The first kappa shape index (κ1) is 25.8. The molecule has 0 spiro atoms. The summed E-state index contributed by atoms with van der Waals surface area (Å²) < 4.78 is 40.9. The third kappa shape index (κ3) is 4.52. The fourth-order valence-corrected chi connectivity index (χ4v) is 5.83. The van der Waals surface area contributed by atoms with E-state index in [1.807, 2.05) is 15.5 Å². The first-order valence-corrected chi connectivity index (χ1v) is 13.0. The van der Waals surface area contributed by atoms with Gasteiger partial charge in [0.25, 0.3) is 5.91 Å². The highest BCUT2D eigenvalue weighted by Gasteiger charge is 2.42. The second-order valence-electron chi connectivity index (χ2n) is 10.4. The van der Waals surface area contributed by atoms with Crippen molar-refractivity contribution >= 4 is 29.0 Å². The van der Waals surface area contributed by atoms with Crippen LogP contribution < -0.4 is 11.1 Å². The van der Waals surface area contributed by atoms with Crippen molar-refractivity contribution in [1.82, 2.24) is 24.3 Å². The van der Waals surface area contributed by atoms with Gasteiger partial charge in [-0.3, -0.25) is 14.0 Å². The largest absolute Gasteiger partial charge is 0.416 e. The van der Waals surface area contributed by atoms with Gasteiger partial charge in [0.1, 0.15) is 28.7 Å². The number of nitrogens with one attached hydrogen (secondary N) is 1. The van der Waals surface area contributed by atoms with E-state index in [1.165, 1.54) is 0 Å². The lowest BCUT2D eigenvalue weighted by Gasteiger charge is -2.36. The Morgan fingerprint density at radius 2 is 1.88 bits per heavy atom. The predicted octanol–water partition coefficient (Wildman–Crippen LogP) is 4.76. The molecule has 0 unspecified atom stereocenters. The van der Waals surface area contributed by atoms with Crippen LogP contribution in [0.2, 0.25) is 0 Å². The standard InChI is InChI=1S/C28H26F3N7O2/c1-15-12-22(39)38-14-18(6-7-20(15)38)26-36-23(24-25(32)34-10-11-37(24)26)16-2-4-17(5-3-16)27(40)35-21-13-19(8-9-33-21)28(29,30)31/h2-5,8-11,13,15,18,20H,6-7,12,14H2,1H3,(H2,32,34)(H,33,35,40)/t15-,18-,20+/m1/s1. The highest BCUT2D eigenvalue weighted by molar-refractivity contribution is 6.04. The lowest BCUT2D eigenvalue weighted by Crippen LogP contribution is -2.42. The molecule has 0 bridgehead atoms. The van der Waals surface area contributed by atoms with E-state index >= 15 is 0 Å². The van der Waals surface area contributed by atoms with Gasteiger partial charge >= 0.3 is 6.18 Å². The Balaban J connectivity index is 1.28. The Morgan fingerprint density at radius 1 is 1.10 bits per heavy atom. The van der Waals surface area contributed by atoms with Gasteiger partial charge in [-0.05, 0) is 43.0 Å². The molecule has 6 rings (SSSR count). The van der Waals surface area contributed by atoms with Crippen LogP contribution in [0.15, 0.2) is 55.0 Å². The minimum atomic E-state index is -4.55. The molecule has 40 heavy (non-hydrogen) atoms. The Kier molecular flexibility index (Phi) is 6.20. The molecule has 12 heteroatoms. The highest BCUT2D eigenvalue weighted by atomic mass is 19.4. The molecule has 2 amide bonds. The number of hydrogen-bond acceptors (Lipinski definition) is 6. The maximum Gasteiger partial charge on any atom is 0.416 e. The SMILES string of the molecule is C[C@@H]1CC(=O)N2C[C@H](c3nc(-c4ccc(C(=O)Nc5cc(C(F)(F)F)ccn5)cc4)c4c(N)nccn34)CC[C@@H]12. The summed E-state index contributed by atoms with van der Waals surface area (Å²) in [6.45, 7) is 2.72. The van der Waals surface area contributed by atoms with E-state index in [9.17, 15) is 22.8 Å². The van der Waals surface area contributed by atoms with Crippen molar-refractivity contribution in [2.24, 2.45) is 5.92 Å². The zero-order valence-electron chi connectivity index (χ0n) is 21.5. The van der Waals surface area contributed by atoms with E-state index in [0.29, 0.717) is 41.5 Å². The third-order valence-electron chi connectivity index (χ3n) is 7.83. The van der Waals surface area contributed by atoms with Crippen molar-refractivity contribution in [3.05, 3.63) is 71.9 Å². The van der Waals surface area contributed by atoms with Crippen molar-refractivity contribution in [1.29, 1.82) is 0 Å². The number of alkyl halides is 3. The van der Waals surface area contributed by atoms with Crippen LogP contribution in [0, 0.1) is 5.92 Å². The number of carbonyl (C=O) groups is 2. The maximum absolute atomic E-state index is 13.0. The van der Waals surface area contributed by atoms with Crippen molar-refractivity contribution < 1.29 is 22.8 Å². The number of anilines is 2. The second kappa shape index (κ2) is 9.61. The first-order valence-electron chi connectivity index (χ1n) is 13.0. The van der Waals surface area contributed by atoms with E-state index in [1.54, 1.807) is 30.5 Å². The fourth-order valence-electron chi connectivity index (χ4n) is 5.83. The highest BCUT2D eigenvalue weighted by Crippen LogP contribution is 2.40. The van der Waals surface area contributed by atoms with Crippen LogP contribution >= 0.6 is 0 Å². The van der Waals surface area contributed by atoms with Gasteiger partial charge in [0.15, 0.2) is 0 Å². The van der Waals surface area contributed by atoms with Gasteiger partial charge < -0.3 is 16.0 Å². The number of fused-ring (bicyclic) bond motifs is 2. The summed E-state index contributed by atoms with van der Waals surface area (Å²) in [5, 5.41) is 2.41. The van der Waals surface area contributed by atoms with Gasteiger partial charge in [-0.25, -0.2) is 15.0 Å². The Bertz CT molecular complexity index is 1620. The molecule has 5 heterocycles. The van der Waals surface area contributed by atoms with Crippen LogP contribution in [0.25, 0.3) is 16.8 Å². The van der Waals surface area contributed by atoms with Gasteiger partial charge in [0.05, 0.1) is 5.56 Å². The van der Waals surface area contributed by atoms with Crippen molar-refractivity contribution in [3.63, 3.8) is 0 Å². The number of carbonyl (C=O) groups excluding carboxylic acids is 2. The first-order chi connectivity index (χ1) is 19.1. The number of aromatic nitrogens is 4. The lowest BCUT2D eigenvalue weighted by atomic mass is 9.89. The molecule has 3 aromatic heterocycles. The Labute approximate surface area is 227 Å². The lowest BCUT2D eigenvalue weighted by molar-refractivity contribution is -0.137. The molecule has 206 valence electrons. The summed E-state index contributed by atoms with van der Waals surface area (Å²) in [6.07, 6.45) is 2.24. The summed E-state index contributed by atoms with van der Waals surface area (Å²) in [5.74, 6) is 0.845. The molecular formula is C28H26F3N7O2. The zero-order chi connectivity index (χ0) is 28.2. The number of benzene rings is 1. The average Bonchev–Trinajstić information content (AvgIpc) is 3.46. The molecule has 2 aliphatic heterocycles. The van der Waals surface area contributed by atoms with Gasteiger partial charge in [-0.15, -0.1) is 0 Å². The molecule has 0 radical (unpaired) electrons. The number of pyridine rings is 1.